The average Bonchev–Trinajstić information content (AvgIpc) is 2.60. The molecule has 2 rings (SSSR count). The molecule has 78 valence electrons. The molecule has 1 aromatic carbocycles. The molecule has 0 atom stereocenters. The topological polar surface area (TPSA) is 40.7 Å². The SMILES string of the molecule is CNc1ccc(-c2n[nH]c(C)c2C)cc1. The molecule has 0 aliphatic carbocycles. The smallest absolute Gasteiger partial charge is 0.0952 e. The Bertz CT molecular complexity index is 454. The summed E-state index contributed by atoms with van der Waals surface area (Å²) in [6.07, 6.45) is 0. The summed E-state index contributed by atoms with van der Waals surface area (Å²) < 4.78 is 0. The van der Waals surface area contributed by atoms with Crippen molar-refractivity contribution in [1.82, 2.24) is 10.2 Å². The van der Waals surface area contributed by atoms with Gasteiger partial charge in [-0.25, -0.2) is 0 Å². The Morgan fingerprint density at radius 3 is 2.27 bits per heavy atom. The molecule has 0 bridgehead atoms. The zero-order chi connectivity index (χ0) is 10.8. The van der Waals surface area contributed by atoms with Crippen LogP contribution in [0, 0.1) is 13.8 Å². The molecule has 2 N–H and O–H groups in total. The standard InChI is InChI=1S/C12H15N3/c1-8-9(2)14-15-12(8)10-4-6-11(13-3)7-5-10/h4-7,13H,1-3H3,(H,14,15). The van der Waals surface area contributed by atoms with Crippen LogP contribution in [0.4, 0.5) is 5.69 Å². The minimum atomic E-state index is 1.04. The molecular formula is C12H15N3. The second-order valence-corrected chi connectivity index (χ2v) is 3.65. The van der Waals surface area contributed by atoms with Crippen LogP contribution in [-0.2, 0) is 0 Å². The Labute approximate surface area is 89.5 Å². The van der Waals surface area contributed by atoms with Crippen molar-refractivity contribution in [2.75, 3.05) is 12.4 Å². The first-order chi connectivity index (χ1) is 7.22. The Kier molecular flexibility index (Phi) is 2.46. The molecule has 1 heterocycles. The molecule has 0 saturated heterocycles. The van der Waals surface area contributed by atoms with Gasteiger partial charge in [0, 0.05) is 24.0 Å². The maximum absolute atomic E-state index is 4.30. The molecule has 2 aromatic rings. The van der Waals surface area contributed by atoms with Crippen LogP contribution >= 0.6 is 0 Å². The predicted octanol–water partition coefficient (Wildman–Crippen LogP) is 2.74. The van der Waals surface area contributed by atoms with Crippen molar-refractivity contribution in [2.45, 2.75) is 13.8 Å². The number of hydrogen-bond acceptors (Lipinski definition) is 2. The van der Waals surface area contributed by atoms with E-state index in [0.717, 1.165) is 22.6 Å². The predicted molar refractivity (Wildman–Crippen MR) is 63.0 cm³/mol. The summed E-state index contributed by atoms with van der Waals surface area (Å²) in [5.74, 6) is 0. The van der Waals surface area contributed by atoms with Crippen molar-refractivity contribution in [3.8, 4) is 11.3 Å². The molecule has 0 amide bonds. The molecule has 3 nitrogen and oxygen atoms in total. The number of aromatic amines is 1. The van der Waals surface area contributed by atoms with E-state index in [9.17, 15) is 0 Å². The first-order valence-corrected chi connectivity index (χ1v) is 5.02. The van der Waals surface area contributed by atoms with Gasteiger partial charge in [-0.1, -0.05) is 12.1 Å². The fraction of sp³-hybridized carbons (Fsp3) is 0.250. The molecule has 3 heteroatoms. The number of aromatic nitrogens is 2. The van der Waals surface area contributed by atoms with Crippen LogP contribution in [0.5, 0.6) is 0 Å². The Balaban J connectivity index is 2.41. The van der Waals surface area contributed by atoms with Crippen LogP contribution in [0.25, 0.3) is 11.3 Å². The third-order valence-corrected chi connectivity index (χ3v) is 2.70. The van der Waals surface area contributed by atoms with Gasteiger partial charge in [0.1, 0.15) is 0 Å². The number of nitrogens with zero attached hydrogens (tertiary/aromatic N) is 1. The van der Waals surface area contributed by atoms with Gasteiger partial charge >= 0.3 is 0 Å². The van der Waals surface area contributed by atoms with Gasteiger partial charge in [0.15, 0.2) is 0 Å². The number of hydrogen-bond donors (Lipinski definition) is 2. The zero-order valence-electron chi connectivity index (χ0n) is 9.26. The van der Waals surface area contributed by atoms with E-state index in [1.54, 1.807) is 0 Å². The van der Waals surface area contributed by atoms with Crippen molar-refractivity contribution < 1.29 is 0 Å². The van der Waals surface area contributed by atoms with Crippen LogP contribution in [0.2, 0.25) is 0 Å². The monoisotopic (exact) mass is 201 g/mol. The summed E-state index contributed by atoms with van der Waals surface area (Å²) in [4.78, 5) is 0. The van der Waals surface area contributed by atoms with Crippen molar-refractivity contribution >= 4 is 5.69 Å². The van der Waals surface area contributed by atoms with E-state index in [2.05, 4.69) is 46.7 Å². The van der Waals surface area contributed by atoms with E-state index >= 15 is 0 Å². The van der Waals surface area contributed by atoms with Crippen LogP contribution in [0.15, 0.2) is 24.3 Å². The number of aryl methyl sites for hydroxylation is 1. The number of anilines is 1. The lowest BCUT2D eigenvalue weighted by Gasteiger charge is -2.02. The molecule has 0 aliphatic rings. The van der Waals surface area contributed by atoms with Gasteiger partial charge in [0.2, 0.25) is 0 Å². The summed E-state index contributed by atoms with van der Waals surface area (Å²) in [6.45, 7) is 4.12. The van der Waals surface area contributed by atoms with E-state index in [4.69, 9.17) is 0 Å². The van der Waals surface area contributed by atoms with Gasteiger partial charge in [-0.2, -0.15) is 5.10 Å². The summed E-state index contributed by atoms with van der Waals surface area (Å²) in [7, 11) is 1.92. The molecule has 0 spiro atoms. The lowest BCUT2D eigenvalue weighted by Crippen LogP contribution is -1.87. The third kappa shape index (κ3) is 1.73. The molecule has 0 radical (unpaired) electrons. The van der Waals surface area contributed by atoms with E-state index in [1.165, 1.54) is 5.56 Å². The minimum Gasteiger partial charge on any atom is -0.388 e. The molecule has 0 aliphatic heterocycles. The van der Waals surface area contributed by atoms with Crippen LogP contribution in [0.3, 0.4) is 0 Å². The van der Waals surface area contributed by atoms with Gasteiger partial charge in [0.05, 0.1) is 5.69 Å². The van der Waals surface area contributed by atoms with Crippen LogP contribution in [-0.4, -0.2) is 17.2 Å². The molecule has 1 aromatic heterocycles. The number of benzene rings is 1. The van der Waals surface area contributed by atoms with Gasteiger partial charge in [-0.15, -0.1) is 0 Å². The molecule has 15 heavy (non-hydrogen) atoms. The number of H-pyrrole nitrogens is 1. The highest BCUT2D eigenvalue weighted by Gasteiger charge is 2.07. The summed E-state index contributed by atoms with van der Waals surface area (Å²) >= 11 is 0. The van der Waals surface area contributed by atoms with Crippen molar-refractivity contribution in [2.24, 2.45) is 0 Å². The quantitative estimate of drug-likeness (QED) is 0.784. The van der Waals surface area contributed by atoms with Crippen LogP contribution in [0.1, 0.15) is 11.3 Å². The maximum Gasteiger partial charge on any atom is 0.0952 e. The Hall–Kier alpha value is -1.77. The van der Waals surface area contributed by atoms with E-state index in [0.29, 0.717) is 0 Å². The normalized spacial score (nSPS) is 10.3. The first-order valence-electron chi connectivity index (χ1n) is 5.02. The highest BCUT2D eigenvalue weighted by molar-refractivity contribution is 5.65. The Morgan fingerprint density at radius 1 is 1.13 bits per heavy atom. The summed E-state index contributed by atoms with van der Waals surface area (Å²) in [6, 6.07) is 8.26. The van der Waals surface area contributed by atoms with Gasteiger partial charge in [-0.3, -0.25) is 5.10 Å². The summed E-state index contributed by atoms with van der Waals surface area (Å²) in [5, 5.41) is 10.4. The zero-order valence-corrected chi connectivity index (χ0v) is 9.26. The lowest BCUT2D eigenvalue weighted by atomic mass is 10.1. The first kappa shape index (κ1) is 9.77. The third-order valence-electron chi connectivity index (χ3n) is 2.70. The maximum atomic E-state index is 4.30. The van der Waals surface area contributed by atoms with Gasteiger partial charge < -0.3 is 5.32 Å². The van der Waals surface area contributed by atoms with Crippen molar-refractivity contribution in [1.29, 1.82) is 0 Å². The fourth-order valence-corrected chi connectivity index (χ4v) is 1.56. The highest BCUT2D eigenvalue weighted by Crippen LogP contribution is 2.23. The van der Waals surface area contributed by atoms with E-state index in [-0.39, 0.29) is 0 Å². The fourth-order valence-electron chi connectivity index (χ4n) is 1.56. The largest absolute Gasteiger partial charge is 0.388 e. The highest BCUT2D eigenvalue weighted by atomic mass is 15.1. The number of nitrogens with one attached hydrogen (secondary N) is 2. The van der Waals surface area contributed by atoms with Crippen molar-refractivity contribution in [3.63, 3.8) is 0 Å². The van der Waals surface area contributed by atoms with E-state index < -0.39 is 0 Å². The Morgan fingerprint density at radius 2 is 1.80 bits per heavy atom. The second-order valence-electron chi connectivity index (χ2n) is 3.65. The van der Waals surface area contributed by atoms with Gasteiger partial charge in [0.25, 0.3) is 0 Å². The molecule has 0 saturated carbocycles. The minimum absolute atomic E-state index is 1.04. The van der Waals surface area contributed by atoms with Crippen LogP contribution < -0.4 is 5.32 Å². The second kappa shape index (κ2) is 3.77. The number of rotatable bonds is 2. The van der Waals surface area contributed by atoms with Crippen molar-refractivity contribution in [3.05, 3.63) is 35.5 Å². The summed E-state index contributed by atoms with van der Waals surface area (Å²) in [5.41, 5.74) is 5.64. The average molecular weight is 201 g/mol. The molecular weight excluding hydrogens is 186 g/mol. The van der Waals surface area contributed by atoms with Gasteiger partial charge in [-0.05, 0) is 31.5 Å². The molecule has 0 fully saturated rings. The lowest BCUT2D eigenvalue weighted by molar-refractivity contribution is 1.05. The van der Waals surface area contributed by atoms with E-state index in [1.807, 2.05) is 14.0 Å². The molecule has 0 unspecified atom stereocenters.